The highest BCUT2D eigenvalue weighted by molar-refractivity contribution is 5.87. The second-order valence-corrected chi connectivity index (χ2v) is 6.42. The normalized spacial score (nSPS) is 25.3. The summed E-state index contributed by atoms with van der Waals surface area (Å²) >= 11 is 0. The predicted molar refractivity (Wildman–Crippen MR) is 91.8 cm³/mol. The van der Waals surface area contributed by atoms with E-state index in [4.69, 9.17) is 4.74 Å². The molecule has 26 heavy (non-hydrogen) atoms. The smallest absolute Gasteiger partial charge is 0.331 e. The Morgan fingerprint density at radius 3 is 2.65 bits per heavy atom. The third kappa shape index (κ3) is 3.14. The van der Waals surface area contributed by atoms with Crippen molar-refractivity contribution in [3.63, 3.8) is 0 Å². The van der Waals surface area contributed by atoms with Crippen LogP contribution in [0.5, 0.6) is 0 Å². The van der Waals surface area contributed by atoms with Crippen LogP contribution in [0.4, 0.5) is 0 Å². The molecule has 0 unspecified atom stereocenters. The van der Waals surface area contributed by atoms with Gasteiger partial charge in [0.2, 0.25) is 5.72 Å². The van der Waals surface area contributed by atoms with Gasteiger partial charge in [-0.15, -0.1) is 0 Å². The molecule has 0 amide bonds. The van der Waals surface area contributed by atoms with E-state index in [-0.39, 0.29) is 18.4 Å². The third-order valence-corrected chi connectivity index (χ3v) is 4.59. The number of carbonyl (C=O) groups excluding carboxylic acids is 1. The summed E-state index contributed by atoms with van der Waals surface area (Å²) < 4.78 is 6.71. The van der Waals surface area contributed by atoms with Gasteiger partial charge in [-0.25, -0.2) is 4.79 Å². The summed E-state index contributed by atoms with van der Waals surface area (Å²) in [5, 5.41) is 19.6. The molecule has 8 heteroatoms. The van der Waals surface area contributed by atoms with E-state index in [1.807, 2.05) is 6.07 Å². The molecule has 1 saturated heterocycles. The fraction of sp³-hybridized carbons (Fsp3) is 0.389. The molecular weight excluding hydrogens is 340 g/mol. The maximum absolute atomic E-state index is 13.1. The Morgan fingerprint density at radius 2 is 2.04 bits per heavy atom. The summed E-state index contributed by atoms with van der Waals surface area (Å²) in [6.07, 6.45) is -1.12. The van der Waals surface area contributed by atoms with Crippen LogP contribution >= 0.6 is 0 Å². The molecule has 2 heterocycles. The predicted octanol–water partition coefficient (Wildman–Crippen LogP) is -0.548. The number of carbonyl (C=O) groups is 1. The van der Waals surface area contributed by atoms with Gasteiger partial charge < -0.3 is 14.9 Å². The van der Waals surface area contributed by atoms with Crippen LogP contribution in [0.3, 0.4) is 0 Å². The maximum Gasteiger partial charge on any atom is 0.331 e. The average Bonchev–Trinajstić information content (AvgIpc) is 2.96. The Hall–Kier alpha value is -2.55. The lowest BCUT2D eigenvalue weighted by Gasteiger charge is -2.29. The van der Waals surface area contributed by atoms with Gasteiger partial charge in [0.05, 0.1) is 12.7 Å². The number of nitrogens with zero attached hydrogens (tertiary/aromatic N) is 1. The van der Waals surface area contributed by atoms with Crippen LogP contribution in [0, 0.1) is 6.92 Å². The SMILES string of the molecule is Cc1cn([C@@]2(C(=O)Cc3ccccc3)C[C@H](O)[C@@H](CO)O2)c(=O)[nH]c1=O. The van der Waals surface area contributed by atoms with Gasteiger partial charge in [0.1, 0.15) is 6.10 Å². The summed E-state index contributed by atoms with van der Waals surface area (Å²) in [4.78, 5) is 39.3. The number of ether oxygens (including phenoxy) is 1. The number of rotatable bonds is 5. The molecule has 0 spiro atoms. The summed E-state index contributed by atoms with van der Waals surface area (Å²) in [7, 11) is 0. The first kappa shape index (κ1) is 18.2. The highest BCUT2D eigenvalue weighted by atomic mass is 16.6. The van der Waals surface area contributed by atoms with Crippen LogP contribution in [0.1, 0.15) is 17.5 Å². The van der Waals surface area contributed by atoms with Gasteiger partial charge in [0, 0.05) is 24.6 Å². The van der Waals surface area contributed by atoms with E-state index in [1.165, 1.54) is 13.1 Å². The minimum Gasteiger partial charge on any atom is -0.394 e. The largest absolute Gasteiger partial charge is 0.394 e. The molecule has 1 fully saturated rings. The fourth-order valence-electron chi connectivity index (χ4n) is 3.17. The van der Waals surface area contributed by atoms with Crippen molar-refractivity contribution in [1.29, 1.82) is 0 Å². The first-order valence-corrected chi connectivity index (χ1v) is 8.24. The van der Waals surface area contributed by atoms with Crippen LogP contribution in [0.15, 0.2) is 46.1 Å². The summed E-state index contributed by atoms with van der Waals surface area (Å²) in [6.45, 7) is 0.998. The number of aliphatic hydroxyl groups excluding tert-OH is 2. The number of Topliss-reactive ketones (excluding diaryl/α,β-unsaturated/α-hetero) is 1. The van der Waals surface area contributed by atoms with E-state index in [1.54, 1.807) is 24.3 Å². The molecule has 138 valence electrons. The topological polar surface area (TPSA) is 122 Å². The van der Waals surface area contributed by atoms with Crippen molar-refractivity contribution in [2.75, 3.05) is 6.61 Å². The number of H-pyrrole nitrogens is 1. The van der Waals surface area contributed by atoms with Gasteiger partial charge in [-0.1, -0.05) is 30.3 Å². The van der Waals surface area contributed by atoms with E-state index in [9.17, 15) is 24.6 Å². The summed E-state index contributed by atoms with van der Waals surface area (Å²) in [6, 6.07) is 8.92. The lowest BCUT2D eigenvalue weighted by molar-refractivity contribution is -0.161. The molecule has 1 aromatic heterocycles. The molecule has 1 aromatic carbocycles. The molecule has 1 aliphatic heterocycles. The summed E-state index contributed by atoms with van der Waals surface area (Å²) in [5.74, 6) is -0.452. The van der Waals surface area contributed by atoms with Crippen LogP contribution in [-0.4, -0.2) is 44.4 Å². The fourth-order valence-corrected chi connectivity index (χ4v) is 3.17. The molecule has 3 N–H and O–H groups in total. The van der Waals surface area contributed by atoms with Crippen molar-refractivity contribution in [2.24, 2.45) is 0 Å². The molecule has 1 aliphatic rings. The molecule has 8 nitrogen and oxygen atoms in total. The van der Waals surface area contributed by atoms with Gasteiger partial charge in [-0.2, -0.15) is 0 Å². The molecule has 0 radical (unpaired) electrons. The molecule has 3 atom stereocenters. The van der Waals surface area contributed by atoms with E-state index < -0.39 is 41.6 Å². The molecule has 0 aliphatic carbocycles. The van der Waals surface area contributed by atoms with Crippen molar-refractivity contribution in [3.05, 3.63) is 68.5 Å². The lowest BCUT2D eigenvalue weighted by Crippen LogP contribution is -2.50. The second-order valence-electron chi connectivity index (χ2n) is 6.42. The van der Waals surface area contributed by atoms with Crippen LogP contribution in [-0.2, 0) is 21.7 Å². The average molecular weight is 360 g/mol. The van der Waals surface area contributed by atoms with Gasteiger partial charge >= 0.3 is 5.69 Å². The number of hydrogen-bond donors (Lipinski definition) is 3. The number of aromatic nitrogens is 2. The Balaban J connectivity index is 2.09. The number of aromatic amines is 1. The zero-order valence-electron chi connectivity index (χ0n) is 14.2. The van der Waals surface area contributed by atoms with Crippen LogP contribution < -0.4 is 11.2 Å². The van der Waals surface area contributed by atoms with Gasteiger partial charge in [0.25, 0.3) is 5.56 Å². The number of benzene rings is 1. The Morgan fingerprint density at radius 1 is 1.35 bits per heavy atom. The van der Waals surface area contributed by atoms with Crippen molar-refractivity contribution in [2.45, 2.75) is 37.7 Å². The standard InChI is InChI=1S/C18H20N2O6/c1-11-9-20(17(25)19-16(11)24)18(8-13(22)14(10-21)26-18)15(23)7-12-5-3-2-4-6-12/h2-6,9,13-14,21-22H,7-8,10H2,1H3,(H,19,24,25)/t13-,14+,18-/m0/s1. The number of ketones is 1. The number of aliphatic hydroxyl groups is 2. The lowest BCUT2D eigenvalue weighted by atomic mass is 9.96. The first-order valence-electron chi connectivity index (χ1n) is 8.24. The van der Waals surface area contributed by atoms with E-state index in [0.717, 1.165) is 10.1 Å². The van der Waals surface area contributed by atoms with Crippen molar-refractivity contribution < 1.29 is 19.7 Å². The highest BCUT2D eigenvalue weighted by Crippen LogP contribution is 2.36. The third-order valence-electron chi connectivity index (χ3n) is 4.59. The zero-order chi connectivity index (χ0) is 18.9. The van der Waals surface area contributed by atoms with Gasteiger partial charge in [-0.05, 0) is 12.5 Å². The van der Waals surface area contributed by atoms with Crippen LogP contribution in [0.25, 0.3) is 0 Å². The van der Waals surface area contributed by atoms with E-state index in [0.29, 0.717) is 0 Å². The van der Waals surface area contributed by atoms with E-state index in [2.05, 4.69) is 4.98 Å². The van der Waals surface area contributed by atoms with Crippen molar-refractivity contribution in [3.8, 4) is 0 Å². The Bertz CT molecular complexity index is 919. The molecule has 0 saturated carbocycles. The van der Waals surface area contributed by atoms with Crippen molar-refractivity contribution in [1.82, 2.24) is 9.55 Å². The van der Waals surface area contributed by atoms with E-state index >= 15 is 0 Å². The quantitative estimate of drug-likeness (QED) is 0.658. The number of hydrogen-bond acceptors (Lipinski definition) is 6. The van der Waals surface area contributed by atoms with Crippen LogP contribution in [0.2, 0.25) is 0 Å². The highest BCUT2D eigenvalue weighted by Gasteiger charge is 2.52. The molecule has 3 rings (SSSR count). The Kier molecular flexibility index (Phi) is 4.90. The van der Waals surface area contributed by atoms with Gasteiger partial charge in [0.15, 0.2) is 5.78 Å². The maximum atomic E-state index is 13.1. The number of aryl methyl sites for hydroxylation is 1. The molecule has 2 aromatic rings. The first-order chi connectivity index (χ1) is 12.4. The van der Waals surface area contributed by atoms with Gasteiger partial charge in [-0.3, -0.25) is 19.1 Å². The molecular formula is C18H20N2O6. The van der Waals surface area contributed by atoms with Crippen molar-refractivity contribution >= 4 is 5.78 Å². The Labute approximate surface area is 148 Å². The number of nitrogens with one attached hydrogen (secondary N) is 1. The second kappa shape index (κ2) is 6.99. The summed E-state index contributed by atoms with van der Waals surface area (Å²) in [5.41, 5.74) is -2.23. The molecule has 0 bridgehead atoms. The monoisotopic (exact) mass is 360 g/mol. The minimum atomic E-state index is -1.80. The minimum absolute atomic E-state index is 0.0314. The zero-order valence-corrected chi connectivity index (χ0v) is 14.2.